The van der Waals surface area contributed by atoms with Gasteiger partial charge in [-0.05, 0) is 25.5 Å². The number of anilines is 1. The fraction of sp³-hybridized carbons (Fsp3) is 0.375. The summed E-state index contributed by atoms with van der Waals surface area (Å²) >= 11 is 11.9. The fourth-order valence-corrected chi connectivity index (χ4v) is 2.74. The number of urea groups is 1. The Kier molecular flexibility index (Phi) is 6.09. The fourth-order valence-electron chi connectivity index (χ4n) is 2.24. The molecule has 1 aromatic rings. The minimum Gasteiger partial charge on any atom is -0.454 e. The second kappa shape index (κ2) is 7.92. The number of amides is 4. The van der Waals surface area contributed by atoms with Crippen molar-refractivity contribution in [3.63, 3.8) is 0 Å². The minimum atomic E-state index is -1.05. The number of nitrogens with one attached hydrogen (secondary N) is 2. The summed E-state index contributed by atoms with van der Waals surface area (Å²) in [6.07, 6.45) is 0.379. The highest BCUT2D eigenvalue weighted by Gasteiger charge is 2.47. The van der Waals surface area contributed by atoms with Crippen LogP contribution in [0.2, 0.25) is 10.0 Å². The lowest BCUT2D eigenvalue weighted by Crippen LogP contribution is -2.43. The highest BCUT2D eigenvalue weighted by atomic mass is 35.5. The van der Waals surface area contributed by atoms with Gasteiger partial charge in [-0.1, -0.05) is 36.2 Å². The van der Waals surface area contributed by atoms with Crippen LogP contribution in [-0.4, -0.2) is 47.4 Å². The predicted octanol–water partition coefficient (Wildman–Crippen LogP) is 2.20. The van der Waals surface area contributed by atoms with Crippen LogP contribution < -0.4 is 10.6 Å². The van der Waals surface area contributed by atoms with Gasteiger partial charge < -0.3 is 15.4 Å². The molecule has 0 bridgehead atoms. The lowest BCUT2D eigenvalue weighted by Gasteiger charge is -2.18. The zero-order valence-electron chi connectivity index (χ0n) is 14.1. The number of para-hydroxylation sites is 1. The second-order valence-electron chi connectivity index (χ2n) is 5.81. The van der Waals surface area contributed by atoms with Gasteiger partial charge in [-0.15, -0.1) is 0 Å². The first-order valence-corrected chi connectivity index (χ1v) is 8.47. The van der Waals surface area contributed by atoms with Crippen LogP contribution in [0.1, 0.15) is 20.3 Å². The van der Waals surface area contributed by atoms with Crippen LogP contribution in [0.4, 0.5) is 10.5 Å². The summed E-state index contributed by atoms with van der Waals surface area (Å²) in [5.41, 5.74) is -0.847. The predicted molar refractivity (Wildman–Crippen MR) is 95.0 cm³/mol. The van der Waals surface area contributed by atoms with E-state index in [1.807, 2.05) is 0 Å². The van der Waals surface area contributed by atoms with E-state index < -0.39 is 42.5 Å². The SMILES string of the molecule is CC[C@@]1(C)NC(=O)N(CC(=O)OCC(=O)Nc2c(Cl)cccc2Cl)C1=O. The van der Waals surface area contributed by atoms with Crippen molar-refractivity contribution < 1.29 is 23.9 Å². The Morgan fingerprint density at radius 3 is 2.42 bits per heavy atom. The van der Waals surface area contributed by atoms with Crippen LogP contribution in [-0.2, 0) is 19.1 Å². The van der Waals surface area contributed by atoms with Crippen molar-refractivity contribution in [3.05, 3.63) is 28.2 Å². The van der Waals surface area contributed by atoms with E-state index in [1.54, 1.807) is 19.9 Å². The maximum absolute atomic E-state index is 12.2. The number of ether oxygens (including phenoxy) is 1. The number of imide groups is 1. The number of halogens is 2. The van der Waals surface area contributed by atoms with E-state index in [0.717, 1.165) is 4.90 Å². The molecule has 2 rings (SSSR count). The molecule has 1 fully saturated rings. The van der Waals surface area contributed by atoms with Crippen molar-refractivity contribution in [2.24, 2.45) is 0 Å². The van der Waals surface area contributed by atoms with E-state index in [1.165, 1.54) is 12.1 Å². The largest absolute Gasteiger partial charge is 0.454 e. The van der Waals surface area contributed by atoms with Crippen LogP contribution >= 0.6 is 23.2 Å². The molecular weight excluding hydrogens is 385 g/mol. The van der Waals surface area contributed by atoms with Crippen molar-refractivity contribution >= 4 is 52.7 Å². The van der Waals surface area contributed by atoms with Crippen molar-refractivity contribution in [3.8, 4) is 0 Å². The summed E-state index contributed by atoms with van der Waals surface area (Å²) < 4.78 is 4.81. The van der Waals surface area contributed by atoms with Gasteiger partial charge in [-0.2, -0.15) is 0 Å². The Morgan fingerprint density at radius 1 is 1.27 bits per heavy atom. The average Bonchev–Trinajstić information content (AvgIpc) is 2.80. The molecule has 4 amide bonds. The molecule has 0 radical (unpaired) electrons. The van der Waals surface area contributed by atoms with Crippen molar-refractivity contribution in [1.82, 2.24) is 10.2 Å². The summed E-state index contributed by atoms with van der Waals surface area (Å²) in [4.78, 5) is 48.5. The van der Waals surface area contributed by atoms with Crippen LogP contribution in [0.25, 0.3) is 0 Å². The van der Waals surface area contributed by atoms with Crippen LogP contribution in [0.3, 0.4) is 0 Å². The molecule has 2 N–H and O–H groups in total. The summed E-state index contributed by atoms with van der Waals surface area (Å²) in [6.45, 7) is 2.11. The van der Waals surface area contributed by atoms with E-state index in [2.05, 4.69) is 10.6 Å². The van der Waals surface area contributed by atoms with Gasteiger partial charge in [0.25, 0.3) is 11.8 Å². The molecule has 0 saturated carbocycles. The smallest absolute Gasteiger partial charge is 0.326 e. The normalized spacial score (nSPS) is 19.3. The Hall–Kier alpha value is -2.32. The zero-order valence-corrected chi connectivity index (χ0v) is 15.6. The van der Waals surface area contributed by atoms with Gasteiger partial charge in [0.2, 0.25) is 0 Å². The highest BCUT2D eigenvalue weighted by molar-refractivity contribution is 6.39. The van der Waals surface area contributed by atoms with Gasteiger partial charge >= 0.3 is 12.0 Å². The number of carbonyl (C=O) groups is 4. The molecule has 26 heavy (non-hydrogen) atoms. The lowest BCUT2D eigenvalue weighted by atomic mass is 9.99. The maximum Gasteiger partial charge on any atom is 0.326 e. The summed E-state index contributed by atoms with van der Waals surface area (Å²) in [6, 6.07) is 4.01. The molecule has 140 valence electrons. The number of benzene rings is 1. The quantitative estimate of drug-likeness (QED) is 0.561. The molecule has 8 nitrogen and oxygen atoms in total. The minimum absolute atomic E-state index is 0.199. The van der Waals surface area contributed by atoms with E-state index in [9.17, 15) is 19.2 Å². The number of carbonyl (C=O) groups excluding carboxylic acids is 4. The first-order chi connectivity index (χ1) is 12.2. The molecule has 1 aliphatic rings. The van der Waals surface area contributed by atoms with Gasteiger partial charge in [0.15, 0.2) is 6.61 Å². The average molecular weight is 402 g/mol. The molecule has 0 aromatic heterocycles. The van der Waals surface area contributed by atoms with E-state index in [4.69, 9.17) is 27.9 Å². The highest BCUT2D eigenvalue weighted by Crippen LogP contribution is 2.29. The molecule has 0 spiro atoms. The van der Waals surface area contributed by atoms with E-state index in [-0.39, 0.29) is 15.7 Å². The third-order valence-electron chi connectivity index (χ3n) is 3.93. The maximum atomic E-state index is 12.2. The number of nitrogens with zero attached hydrogens (tertiary/aromatic N) is 1. The number of hydrogen-bond donors (Lipinski definition) is 2. The molecule has 10 heteroatoms. The third-order valence-corrected chi connectivity index (χ3v) is 4.56. The summed E-state index contributed by atoms with van der Waals surface area (Å²) in [5, 5.41) is 5.41. The molecule has 1 aliphatic heterocycles. The molecule has 1 atom stereocenters. The number of hydrogen-bond acceptors (Lipinski definition) is 5. The Labute approximate surface area is 159 Å². The summed E-state index contributed by atoms with van der Waals surface area (Å²) in [5.74, 6) is -2.08. The second-order valence-corrected chi connectivity index (χ2v) is 6.63. The van der Waals surface area contributed by atoms with Gasteiger partial charge in [-0.25, -0.2) is 4.79 Å². The van der Waals surface area contributed by atoms with Crippen LogP contribution in [0.5, 0.6) is 0 Å². The van der Waals surface area contributed by atoms with E-state index in [0.29, 0.717) is 6.42 Å². The Balaban J connectivity index is 1.88. The van der Waals surface area contributed by atoms with Gasteiger partial charge in [0, 0.05) is 0 Å². The Bertz CT molecular complexity index is 750. The topological polar surface area (TPSA) is 105 Å². The lowest BCUT2D eigenvalue weighted by molar-refractivity contribution is -0.150. The Morgan fingerprint density at radius 2 is 1.88 bits per heavy atom. The monoisotopic (exact) mass is 401 g/mol. The molecule has 1 heterocycles. The van der Waals surface area contributed by atoms with Crippen LogP contribution in [0, 0.1) is 0 Å². The molecule has 0 aliphatic carbocycles. The van der Waals surface area contributed by atoms with E-state index >= 15 is 0 Å². The van der Waals surface area contributed by atoms with Gasteiger partial charge in [0.05, 0.1) is 15.7 Å². The standard InChI is InChI=1S/C16H17Cl2N3O5/c1-3-16(2)14(24)21(15(25)20-16)7-12(23)26-8-11(22)19-13-9(17)5-4-6-10(13)18/h4-6H,3,7-8H2,1-2H3,(H,19,22)(H,20,25)/t16-/m1/s1. The number of rotatable bonds is 6. The summed E-state index contributed by atoms with van der Waals surface area (Å²) in [7, 11) is 0. The van der Waals surface area contributed by atoms with Crippen LogP contribution in [0.15, 0.2) is 18.2 Å². The van der Waals surface area contributed by atoms with Crippen molar-refractivity contribution in [2.45, 2.75) is 25.8 Å². The first-order valence-electron chi connectivity index (χ1n) is 7.71. The zero-order chi connectivity index (χ0) is 19.5. The molecule has 0 unspecified atom stereocenters. The number of esters is 1. The molecule has 1 aromatic carbocycles. The van der Waals surface area contributed by atoms with Gasteiger partial charge in [-0.3, -0.25) is 19.3 Å². The van der Waals surface area contributed by atoms with Gasteiger partial charge in [0.1, 0.15) is 12.1 Å². The first kappa shape index (κ1) is 20.0. The molecular formula is C16H17Cl2N3O5. The van der Waals surface area contributed by atoms with Crippen molar-refractivity contribution in [1.29, 1.82) is 0 Å². The third kappa shape index (κ3) is 4.25. The van der Waals surface area contributed by atoms with Crippen molar-refractivity contribution in [2.75, 3.05) is 18.5 Å². The molecule has 1 saturated heterocycles.